The SMILES string of the molecule is O=C1N=C(N2CCCCC2)S/C1=C\c1cccc2cc[nH]c12. The number of carbonyl (C=O) groups excluding carboxylic acids is 1. The monoisotopic (exact) mass is 311 g/mol. The second-order valence-corrected chi connectivity index (χ2v) is 6.66. The maximum absolute atomic E-state index is 12.2. The summed E-state index contributed by atoms with van der Waals surface area (Å²) in [5.74, 6) is -0.117. The van der Waals surface area contributed by atoms with E-state index < -0.39 is 0 Å². The first kappa shape index (κ1) is 13.6. The molecule has 0 unspecified atom stereocenters. The zero-order chi connectivity index (χ0) is 14.9. The first-order valence-electron chi connectivity index (χ1n) is 7.65. The number of para-hydroxylation sites is 1. The number of fused-ring (bicyclic) bond motifs is 1. The number of rotatable bonds is 1. The molecule has 1 aromatic heterocycles. The van der Waals surface area contributed by atoms with Gasteiger partial charge in [0.25, 0.3) is 5.91 Å². The van der Waals surface area contributed by atoms with Crippen molar-refractivity contribution in [3.63, 3.8) is 0 Å². The lowest BCUT2D eigenvalue weighted by Gasteiger charge is -2.27. The molecule has 2 aliphatic heterocycles. The number of hydrogen-bond donors (Lipinski definition) is 1. The fourth-order valence-corrected chi connectivity index (χ4v) is 3.94. The zero-order valence-electron chi connectivity index (χ0n) is 12.2. The van der Waals surface area contributed by atoms with Gasteiger partial charge in [0, 0.05) is 19.3 Å². The average Bonchev–Trinajstić information content (AvgIpc) is 3.16. The van der Waals surface area contributed by atoms with Gasteiger partial charge in [-0.1, -0.05) is 18.2 Å². The number of H-pyrrole nitrogens is 1. The van der Waals surface area contributed by atoms with Crippen LogP contribution in [0.1, 0.15) is 24.8 Å². The van der Waals surface area contributed by atoms with E-state index in [0.717, 1.165) is 34.7 Å². The third-order valence-corrected chi connectivity index (χ3v) is 5.19. The largest absolute Gasteiger partial charge is 0.361 e. The Bertz CT molecular complexity index is 784. The molecular weight excluding hydrogens is 294 g/mol. The number of carbonyl (C=O) groups is 1. The number of nitrogens with zero attached hydrogens (tertiary/aromatic N) is 2. The smallest absolute Gasteiger partial charge is 0.286 e. The molecule has 22 heavy (non-hydrogen) atoms. The Morgan fingerprint density at radius 3 is 2.91 bits per heavy atom. The number of likely N-dealkylation sites (tertiary alicyclic amines) is 1. The Hall–Kier alpha value is -2.01. The Labute approximate surface area is 133 Å². The quantitative estimate of drug-likeness (QED) is 0.818. The van der Waals surface area contributed by atoms with Gasteiger partial charge in [0.1, 0.15) is 0 Å². The summed E-state index contributed by atoms with van der Waals surface area (Å²) in [6.07, 6.45) is 7.53. The molecule has 3 heterocycles. The number of aromatic nitrogens is 1. The van der Waals surface area contributed by atoms with Gasteiger partial charge in [-0.25, -0.2) is 0 Å². The highest BCUT2D eigenvalue weighted by molar-refractivity contribution is 8.18. The molecule has 4 nitrogen and oxygen atoms in total. The number of nitrogens with one attached hydrogen (secondary N) is 1. The van der Waals surface area contributed by atoms with Crippen molar-refractivity contribution in [2.24, 2.45) is 4.99 Å². The summed E-state index contributed by atoms with van der Waals surface area (Å²) in [7, 11) is 0. The van der Waals surface area contributed by atoms with Crippen molar-refractivity contribution in [1.29, 1.82) is 0 Å². The lowest BCUT2D eigenvalue weighted by Crippen LogP contribution is -2.33. The highest BCUT2D eigenvalue weighted by atomic mass is 32.2. The topological polar surface area (TPSA) is 48.5 Å². The third-order valence-electron chi connectivity index (χ3n) is 4.14. The summed E-state index contributed by atoms with van der Waals surface area (Å²) in [5, 5.41) is 2.02. The van der Waals surface area contributed by atoms with Crippen LogP contribution in [0, 0.1) is 0 Å². The molecule has 0 bridgehead atoms. The van der Waals surface area contributed by atoms with Crippen LogP contribution in [0.3, 0.4) is 0 Å². The minimum atomic E-state index is -0.117. The summed E-state index contributed by atoms with van der Waals surface area (Å²) in [6, 6.07) is 8.14. The Balaban J connectivity index is 1.61. The third kappa shape index (κ3) is 2.46. The molecule has 0 radical (unpaired) electrons. The van der Waals surface area contributed by atoms with Crippen molar-refractivity contribution in [1.82, 2.24) is 9.88 Å². The number of aromatic amines is 1. The van der Waals surface area contributed by atoms with E-state index in [1.807, 2.05) is 30.5 Å². The van der Waals surface area contributed by atoms with Crippen LogP contribution in [-0.2, 0) is 4.79 Å². The van der Waals surface area contributed by atoms with E-state index in [0.29, 0.717) is 4.91 Å². The van der Waals surface area contributed by atoms with Gasteiger partial charge in [-0.3, -0.25) is 4.79 Å². The second-order valence-electron chi connectivity index (χ2n) is 5.65. The molecule has 112 valence electrons. The molecule has 1 N–H and O–H groups in total. The number of benzene rings is 1. The van der Waals surface area contributed by atoms with Gasteiger partial charge in [0.2, 0.25) is 0 Å². The maximum atomic E-state index is 12.2. The van der Waals surface area contributed by atoms with Crippen LogP contribution >= 0.6 is 11.8 Å². The summed E-state index contributed by atoms with van der Waals surface area (Å²) in [6.45, 7) is 2.03. The van der Waals surface area contributed by atoms with Crippen LogP contribution in [0.15, 0.2) is 40.4 Å². The van der Waals surface area contributed by atoms with Crippen molar-refractivity contribution >= 4 is 39.8 Å². The molecule has 5 heteroatoms. The van der Waals surface area contributed by atoms with Gasteiger partial charge in [-0.05, 0) is 54.1 Å². The van der Waals surface area contributed by atoms with Crippen LogP contribution in [-0.4, -0.2) is 34.0 Å². The molecule has 1 aromatic carbocycles. The van der Waals surface area contributed by atoms with Gasteiger partial charge in [-0.15, -0.1) is 0 Å². The maximum Gasteiger partial charge on any atom is 0.286 e. The van der Waals surface area contributed by atoms with Crippen molar-refractivity contribution in [3.05, 3.63) is 40.9 Å². The summed E-state index contributed by atoms with van der Waals surface area (Å²) >= 11 is 1.50. The number of thioether (sulfide) groups is 1. The van der Waals surface area contributed by atoms with Gasteiger partial charge in [0.05, 0.1) is 10.4 Å². The normalized spacial score (nSPS) is 20.9. The Kier molecular flexibility index (Phi) is 3.50. The standard InChI is InChI=1S/C17H17N3OS/c21-16-14(22-17(19-16)20-9-2-1-3-10-20)11-13-6-4-5-12-7-8-18-15(12)13/h4-8,11,18H,1-3,9-10H2/b14-11-. The summed E-state index contributed by atoms with van der Waals surface area (Å²) < 4.78 is 0. The van der Waals surface area contributed by atoms with Crippen molar-refractivity contribution in [2.45, 2.75) is 19.3 Å². The molecule has 0 atom stereocenters. The van der Waals surface area contributed by atoms with Gasteiger partial charge < -0.3 is 9.88 Å². The number of aliphatic imine (C=N–C) groups is 1. The Morgan fingerprint density at radius 2 is 2.05 bits per heavy atom. The molecule has 0 spiro atoms. The van der Waals surface area contributed by atoms with E-state index in [1.165, 1.54) is 31.0 Å². The number of piperidine rings is 1. The number of amidine groups is 1. The summed E-state index contributed by atoms with van der Waals surface area (Å²) in [4.78, 5) is 22.6. The molecule has 4 rings (SSSR count). The predicted molar refractivity (Wildman–Crippen MR) is 91.7 cm³/mol. The van der Waals surface area contributed by atoms with E-state index in [4.69, 9.17) is 0 Å². The molecule has 2 aromatic rings. The molecule has 1 fully saturated rings. The molecule has 1 saturated heterocycles. The molecule has 0 saturated carbocycles. The van der Waals surface area contributed by atoms with Crippen LogP contribution in [0.2, 0.25) is 0 Å². The number of amides is 1. The molecule has 1 amide bonds. The fourth-order valence-electron chi connectivity index (χ4n) is 2.99. The fraction of sp³-hybridized carbons (Fsp3) is 0.294. The molecular formula is C17H17N3OS. The Morgan fingerprint density at radius 1 is 1.18 bits per heavy atom. The summed E-state index contributed by atoms with van der Waals surface area (Å²) in [5.41, 5.74) is 2.10. The first-order chi connectivity index (χ1) is 10.8. The van der Waals surface area contributed by atoms with Crippen LogP contribution in [0.5, 0.6) is 0 Å². The molecule has 0 aliphatic carbocycles. The van der Waals surface area contributed by atoms with E-state index in [-0.39, 0.29) is 5.91 Å². The lowest BCUT2D eigenvalue weighted by atomic mass is 10.1. The molecule has 2 aliphatic rings. The van der Waals surface area contributed by atoms with Gasteiger partial charge in [-0.2, -0.15) is 4.99 Å². The highest BCUT2D eigenvalue weighted by Crippen LogP contribution is 2.32. The highest BCUT2D eigenvalue weighted by Gasteiger charge is 2.27. The first-order valence-corrected chi connectivity index (χ1v) is 8.46. The second kappa shape index (κ2) is 5.65. The van der Waals surface area contributed by atoms with Crippen LogP contribution in [0.25, 0.3) is 17.0 Å². The average molecular weight is 311 g/mol. The van der Waals surface area contributed by atoms with E-state index >= 15 is 0 Å². The van der Waals surface area contributed by atoms with E-state index in [9.17, 15) is 4.79 Å². The van der Waals surface area contributed by atoms with Gasteiger partial charge in [0.15, 0.2) is 5.17 Å². The zero-order valence-corrected chi connectivity index (χ0v) is 13.0. The minimum Gasteiger partial charge on any atom is -0.361 e. The van der Waals surface area contributed by atoms with E-state index in [2.05, 4.69) is 20.9 Å². The lowest BCUT2D eigenvalue weighted by molar-refractivity contribution is -0.113. The van der Waals surface area contributed by atoms with E-state index in [1.54, 1.807) is 0 Å². The van der Waals surface area contributed by atoms with Gasteiger partial charge >= 0.3 is 0 Å². The predicted octanol–water partition coefficient (Wildman–Crippen LogP) is 3.62. The van der Waals surface area contributed by atoms with Crippen LogP contribution < -0.4 is 0 Å². The van der Waals surface area contributed by atoms with Crippen molar-refractivity contribution in [2.75, 3.05) is 13.1 Å². The number of hydrogen-bond acceptors (Lipinski definition) is 3. The van der Waals surface area contributed by atoms with Crippen molar-refractivity contribution < 1.29 is 4.79 Å². The minimum absolute atomic E-state index is 0.117. The van der Waals surface area contributed by atoms with Crippen LogP contribution in [0.4, 0.5) is 0 Å². The van der Waals surface area contributed by atoms with Crippen molar-refractivity contribution in [3.8, 4) is 0 Å².